The normalized spacial score (nSPS) is 38.8. The molecule has 5 nitrogen and oxygen atoms in total. The van der Waals surface area contributed by atoms with Crippen LogP contribution in [0.1, 0.15) is 32.6 Å². The van der Waals surface area contributed by atoms with Gasteiger partial charge in [0.05, 0.1) is 12.1 Å². The minimum absolute atomic E-state index is 0.0439. The van der Waals surface area contributed by atoms with Crippen LogP contribution in [0.3, 0.4) is 0 Å². The Bertz CT molecular complexity index is 363. The lowest BCUT2D eigenvalue weighted by Crippen LogP contribution is -2.62. The maximum Gasteiger partial charge on any atom is 0.240 e. The molecule has 114 valence electrons. The molecule has 4 unspecified atom stereocenters. The molecule has 3 saturated heterocycles. The van der Waals surface area contributed by atoms with Crippen LogP contribution in [-0.4, -0.2) is 73.2 Å². The molecule has 0 aromatic carbocycles. The van der Waals surface area contributed by atoms with Crippen LogP contribution in [0.15, 0.2) is 0 Å². The first kappa shape index (κ1) is 14.3. The Labute approximate surface area is 121 Å². The van der Waals surface area contributed by atoms with E-state index in [9.17, 15) is 4.79 Å². The van der Waals surface area contributed by atoms with Gasteiger partial charge < -0.3 is 15.0 Å². The molecule has 1 N–H and O–H groups in total. The highest BCUT2D eigenvalue weighted by molar-refractivity contribution is 5.82. The number of fused-ring (bicyclic) bond motifs is 1. The second-order valence-electron chi connectivity index (χ2n) is 6.54. The van der Waals surface area contributed by atoms with Gasteiger partial charge in [0.2, 0.25) is 5.91 Å². The molecule has 5 heteroatoms. The summed E-state index contributed by atoms with van der Waals surface area (Å²) < 4.78 is 5.35. The molecule has 1 amide bonds. The van der Waals surface area contributed by atoms with Gasteiger partial charge in [0.25, 0.3) is 0 Å². The van der Waals surface area contributed by atoms with Gasteiger partial charge in [-0.05, 0) is 32.7 Å². The largest absolute Gasteiger partial charge is 0.380 e. The second kappa shape index (κ2) is 6.00. The summed E-state index contributed by atoms with van der Waals surface area (Å²) in [7, 11) is 1.72. The van der Waals surface area contributed by atoms with Crippen molar-refractivity contribution >= 4 is 5.91 Å². The number of nitrogens with one attached hydrogen (secondary N) is 1. The van der Waals surface area contributed by atoms with Crippen molar-refractivity contribution in [2.24, 2.45) is 0 Å². The first-order valence-corrected chi connectivity index (χ1v) is 7.99. The zero-order chi connectivity index (χ0) is 14.1. The van der Waals surface area contributed by atoms with Gasteiger partial charge in [-0.25, -0.2) is 0 Å². The number of hydrogen-bond acceptors (Lipinski definition) is 4. The number of carbonyl (C=O) groups excluding carboxylic acids is 1. The van der Waals surface area contributed by atoms with Gasteiger partial charge in [-0.15, -0.1) is 0 Å². The summed E-state index contributed by atoms with van der Waals surface area (Å²) in [5.74, 6) is 0.280. The van der Waals surface area contributed by atoms with E-state index in [1.807, 2.05) is 0 Å². The van der Waals surface area contributed by atoms with Crippen LogP contribution in [0.5, 0.6) is 0 Å². The van der Waals surface area contributed by atoms with Crippen molar-refractivity contribution in [1.29, 1.82) is 0 Å². The van der Waals surface area contributed by atoms with E-state index in [-0.39, 0.29) is 18.1 Å². The maximum atomic E-state index is 12.7. The number of methoxy groups -OCH3 is 1. The van der Waals surface area contributed by atoms with Crippen LogP contribution in [0.4, 0.5) is 0 Å². The van der Waals surface area contributed by atoms with Crippen molar-refractivity contribution in [2.45, 2.75) is 56.8 Å². The summed E-state index contributed by atoms with van der Waals surface area (Å²) >= 11 is 0. The molecule has 0 saturated carbocycles. The van der Waals surface area contributed by atoms with Crippen LogP contribution >= 0.6 is 0 Å². The lowest BCUT2D eigenvalue weighted by Gasteiger charge is -2.48. The van der Waals surface area contributed by atoms with Crippen LogP contribution in [0.2, 0.25) is 0 Å². The predicted octanol–water partition coefficient (Wildman–Crippen LogP) is 0.449. The molecule has 0 aromatic rings. The summed E-state index contributed by atoms with van der Waals surface area (Å²) in [5, 5.41) is 3.32. The highest BCUT2D eigenvalue weighted by Gasteiger charge is 2.39. The standard InChI is InChI=1S/C15H27N3O2/c1-11-9-17-6-4-3-5-12(17)10-18(11)15(19)14-7-13(20-2)8-16-14/h11-14,16H,3-10H2,1-2H3. The number of ether oxygens (including phenoxy) is 1. The average molecular weight is 281 g/mol. The zero-order valence-electron chi connectivity index (χ0n) is 12.7. The quantitative estimate of drug-likeness (QED) is 0.798. The van der Waals surface area contributed by atoms with Gasteiger partial charge in [-0.1, -0.05) is 6.42 Å². The van der Waals surface area contributed by atoms with Crippen molar-refractivity contribution in [3.05, 3.63) is 0 Å². The van der Waals surface area contributed by atoms with Gasteiger partial charge in [-0.2, -0.15) is 0 Å². The van der Waals surface area contributed by atoms with Crippen LogP contribution in [0, 0.1) is 0 Å². The molecule has 4 atom stereocenters. The van der Waals surface area contributed by atoms with Gasteiger partial charge in [-0.3, -0.25) is 9.69 Å². The molecule has 3 aliphatic heterocycles. The van der Waals surface area contributed by atoms with E-state index in [1.165, 1.54) is 25.8 Å². The molecule has 0 radical (unpaired) electrons. The molecule has 3 aliphatic rings. The smallest absolute Gasteiger partial charge is 0.240 e. The van der Waals surface area contributed by atoms with Gasteiger partial charge in [0.1, 0.15) is 0 Å². The Morgan fingerprint density at radius 2 is 2.15 bits per heavy atom. The fraction of sp³-hybridized carbons (Fsp3) is 0.933. The van der Waals surface area contributed by atoms with Crippen LogP contribution in [-0.2, 0) is 9.53 Å². The SMILES string of the molecule is COC1CNC(C(=O)N2CC3CCCCN3CC2C)C1. The van der Waals surface area contributed by atoms with Gasteiger partial charge >= 0.3 is 0 Å². The molecule has 0 spiro atoms. The highest BCUT2D eigenvalue weighted by atomic mass is 16.5. The fourth-order valence-electron chi connectivity index (χ4n) is 3.93. The highest BCUT2D eigenvalue weighted by Crippen LogP contribution is 2.25. The summed E-state index contributed by atoms with van der Waals surface area (Å²) in [6, 6.07) is 0.876. The zero-order valence-corrected chi connectivity index (χ0v) is 12.7. The van der Waals surface area contributed by atoms with E-state index < -0.39 is 0 Å². The van der Waals surface area contributed by atoms with Crippen molar-refractivity contribution < 1.29 is 9.53 Å². The fourth-order valence-corrected chi connectivity index (χ4v) is 3.93. The van der Waals surface area contributed by atoms with E-state index >= 15 is 0 Å². The summed E-state index contributed by atoms with van der Waals surface area (Å²) in [6.45, 7) is 6.15. The lowest BCUT2D eigenvalue weighted by molar-refractivity contribution is -0.140. The van der Waals surface area contributed by atoms with Gasteiger partial charge in [0.15, 0.2) is 0 Å². The summed E-state index contributed by atoms with van der Waals surface area (Å²) in [4.78, 5) is 17.4. The molecular weight excluding hydrogens is 254 g/mol. The third-order valence-electron chi connectivity index (χ3n) is 5.19. The molecule has 20 heavy (non-hydrogen) atoms. The Morgan fingerprint density at radius 3 is 2.90 bits per heavy atom. The molecule has 0 aromatic heterocycles. The molecule has 3 fully saturated rings. The monoisotopic (exact) mass is 281 g/mol. The first-order chi connectivity index (χ1) is 9.69. The lowest BCUT2D eigenvalue weighted by atomic mass is 9.96. The topological polar surface area (TPSA) is 44.8 Å². The van der Waals surface area contributed by atoms with Crippen LogP contribution < -0.4 is 5.32 Å². The van der Waals surface area contributed by atoms with Crippen molar-refractivity contribution in [2.75, 3.05) is 33.3 Å². The van der Waals surface area contributed by atoms with E-state index in [4.69, 9.17) is 4.74 Å². The number of piperidine rings is 1. The second-order valence-corrected chi connectivity index (χ2v) is 6.54. The van der Waals surface area contributed by atoms with Crippen molar-refractivity contribution in [3.63, 3.8) is 0 Å². The van der Waals surface area contributed by atoms with Crippen molar-refractivity contribution in [3.8, 4) is 0 Å². The molecular formula is C15H27N3O2. The average Bonchev–Trinajstić information content (AvgIpc) is 2.94. The van der Waals surface area contributed by atoms with E-state index in [1.54, 1.807) is 7.11 Å². The van der Waals surface area contributed by atoms with E-state index in [0.29, 0.717) is 12.1 Å². The van der Waals surface area contributed by atoms with Crippen LogP contribution in [0.25, 0.3) is 0 Å². The minimum atomic E-state index is -0.0439. The number of carbonyl (C=O) groups is 1. The minimum Gasteiger partial charge on any atom is -0.380 e. The number of hydrogen-bond donors (Lipinski definition) is 1. The number of nitrogens with zero attached hydrogens (tertiary/aromatic N) is 2. The Balaban J connectivity index is 1.62. The predicted molar refractivity (Wildman–Crippen MR) is 77.6 cm³/mol. The number of piperazine rings is 1. The summed E-state index contributed by atoms with van der Waals surface area (Å²) in [5.41, 5.74) is 0. The number of rotatable bonds is 2. The summed E-state index contributed by atoms with van der Waals surface area (Å²) in [6.07, 6.45) is 4.87. The van der Waals surface area contributed by atoms with E-state index in [2.05, 4.69) is 22.0 Å². The molecule has 0 bridgehead atoms. The Kier molecular flexibility index (Phi) is 4.29. The molecule has 3 rings (SSSR count). The third-order valence-corrected chi connectivity index (χ3v) is 5.19. The van der Waals surface area contributed by atoms with E-state index in [0.717, 1.165) is 26.1 Å². The molecule has 0 aliphatic carbocycles. The van der Waals surface area contributed by atoms with Crippen molar-refractivity contribution in [1.82, 2.24) is 15.1 Å². The third kappa shape index (κ3) is 2.71. The van der Waals surface area contributed by atoms with Gasteiger partial charge in [0, 0.05) is 38.8 Å². The molecule has 3 heterocycles. The maximum absolute atomic E-state index is 12.7. The first-order valence-electron chi connectivity index (χ1n) is 7.99. The number of amides is 1. The Hall–Kier alpha value is -0.650. The Morgan fingerprint density at radius 1 is 1.30 bits per heavy atom.